The molecule has 2 aromatic rings. The second-order valence-electron chi connectivity index (χ2n) is 3.31. The van der Waals surface area contributed by atoms with Crippen molar-refractivity contribution >= 4 is 23.3 Å². The number of benzene rings is 1. The first-order valence-corrected chi connectivity index (χ1v) is 5.22. The van der Waals surface area contributed by atoms with Gasteiger partial charge in [-0.2, -0.15) is 4.39 Å². The van der Waals surface area contributed by atoms with Crippen molar-refractivity contribution in [3.05, 3.63) is 59.0 Å². The number of hydrogen-bond donors (Lipinski definition) is 1. The van der Waals surface area contributed by atoms with Crippen LogP contribution in [0.15, 0.2) is 42.5 Å². The van der Waals surface area contributed by atoms with Crippen molar-refractivity contribution in [2.45, 2.75) is 0 Å². The summed E-state index contributed by atoms with van der Waals surface area (Å²) in [5.41, 5.74) is 0.431. The van der Waals surface area contributed by atoms with E-state index in [9.17, 15) is 9.18 Å². The van der Waals surface area contributed by atoms with E-state index in [4.69, 9.17) is 11.6 Å². The first-order chi connectivity index (χ1) is 8.15. The molecule has 3 nitrogen and oxygen atoms in total. The lowest BCUT2D eigenvalue weighted by Gasteiger charge is -2.04. The highest BCUT2D eigenvalue weighted by Gasteiger charge is 2.06. The van der Waals surface area contributed by atoms with Gasteiger partial charge in [-0.25, -0.2) is 4.98 Å². The Balaban J connectivity index is 2.14. The molecule has 5 heteroatoms. The highest BCUT2D eigenvalue weighted by Crippen LogP contribution is 2.11. The topological polar surface area (TPSA) is 42.0 Å². The van der Waals surface area contributed by atoms with E-state index in [-0.39, 0.29) is 11.7 Å². The summed E-state index contributed by atoms with van der Waals surface area (Å²) in [5, 5.41) is 3.03. The molecule has 1 aromatic heterocycles. The zero-order chi connectivity index (χ0) is 12.3. The Kier molecular flexibility index (Phi) is 3.35. The normalized spacial score (nSPS) is 10.0. The van der Waals surface area contributed by atoms with Gasteiger partial charge in [-0.3, -0.25) is 4.79 Å². The number of rotatable bonds is 2. The van der Waals surface area contributed by atoms with Crippen LogP contribution in [0.2, 0.25) is 5.02 Å². The standard InChI is InChI=1S/C12H8ClFN2O/c13-9-6-4-8(5-7-9)12(17)16-11-3-1-2-10(14)15-11/h1-7H,(H,15,16,17). The van der Waals surface area contributed by atoms with Crippen molar-refractivity contribution in [1.29, 1.82) is 0 Å². The first-order valence-electron chi connectivity index (χ1n) is 4.84. The van der Waals surface area contributed by atoms with Gasteiger partial charge in [0.1, 0.15) is 5.82 Å². The fourth-order valence-electron chi connectivity index (χ4n) is 1.27. The van der Waals surface area contributed by atoms with Crippen LogP contribution in [-0.2, 0) is 0 Å². The smallest absolute Gasteiger partial charge is 0.256 e. The summed E-state index contributed by atoms with van der Waals surface area (Å²) in [6.07, 6.45) is 0. The average Bonchev–Trinajstić information content (AvgIpc) is 2.29. The number of nitrogens with one attached hydrogen (secondary N) is 1. The van der Waals surface area contributed by atoms with Crippen molar-refractivity contribution < 1.29 is 9.18 Å². The lowest BCUT2D eigenvalue weighted by Crippen LogP contribution is -2.13. The SMILES string of the molecule is O=C(Nc1cccc(F)n1)c1ccc(Cl)cc1. The maximum Gasteiger partial charge on any atom is 0.256 e. The van der Waals surface area contributed by atoms with E-state index >= 15 is 0 Å². The quantitative estimate of drug-likeness (QED) is 0.832. The van der Waals surface area contributed by atoms with Crippen LogP contribution in [0.4, 0.5) is 10.2 Å². The predicted molar refractivity (Wildman–Crippen MR) is 63.6 cm³/mol. The summed E-state index contributed by atoms with van der Waals surface area (Å²) in [5.74, 6) is -0.830. The van der Waals surface area contributed by atoms with E-state index in [2.05, 4.69) is 10.3 Å². The van der Waals surface area contributed by atoms with Gasteiger partial charge in [-0.15, -0.1) is 0 Å². The average molecular weight is 251 g/mol. The Bertz CT molecular complexity index is 542. The number of amides is 1. The van der Waals surface area contributed by atoms with Crippen LogP contribution in [0.5, 0.6) is 0 Å². The minimum atomic E-state index is -0.640. The van der Waals surface area contributed by atoms with Crippen LogP contribution in [0.1, 0.15) is 10.4 Å². The molecule has 1 aromatic carbocycles. The minimum absolute atomic E-state index is 0.171. The third-order valence-electron chi connectivity index (χ3n) is 2.06. The van der Waals surface area contributed by atoms with E-state index in [0.717, 1.165) is 0 Å². The molecule has 0 aliphatic rings. The molecule has 0 spiro atoms. The number of nitrogens with zero attached hydrogens (tertiary/aromatic N) is 1. The molecule has 0 unspecified atom stereocenters. The van der Waals surface area contributed by atoms with Crippen LogP contribution < -0.4 is 5.32 Å². The van der Waals surface area contributed by atoms with Gasteiger partial charge in [-0.1, -0.05) is 17.7 Å². The number of hydrogen-bond acceptors (Lipinski definition) is 2. The largest absolute Gasteiger partial charge is 0.306 e. The van der Waals surface area contributed by atoms with Crippen molar-refractivity contribution in [2.75, 3.05) is 5.32 Å². The highest BCUT2D eigenvalue weighted by atomic mass is 35.5. The summed E-state index contributed by atoms with van der Waals surface area (Å²) in [6, 6.07) is 10.6. The van der Waals surface area contributed by atoms with Crippen LogP contribution in [-0.4, -0.2) is 10.9 Å². The Morgan fingerprint density at radius 2 is 1.88 bits per heavy atom. The lowest BCUT2D eigenvalue weighted by molar-refractivity contribution is 0.102. The summed E-state index contributed by atoms with van der Waals surface area (Å²) in [4.78, 5) is 15.3. The molecule has 1 heterocycles. The molecule has 0 fully saturated rings. The molecule has 0 bridgehead atoms. The fraction of sp³-hybridized carbons (Fsp3) is 0. The molecular formula is C12H8ClFN2O. The monoisotopic (exact) mass is 250 g/mol. The second kappa shape index (κ2) is 4.93. The molecule has 0 aliphatic carbocycles. The molecule has 2 rings (SSSR count). The van der Waals surface area contributed by atoms with E-state index in [1.807, 2.05) is 0 Å². The Morgan fingerprint density at radius 1 is 1.18 bits per heavy atom. The molecule has 0 atom stereocenters. The van der Waals surface area contributed by atoms with Crippen molar-refractivity contribution in [2.24, 2.45) is 0 Å². The molecule has 0 saturated heterocycles. The van der Waals surface area contributed by atoms with Crippen molar-refractivity contribution in [3.8, 4) is 0 Å². The van der Waals surface area contributed by atoms with Gasteiger partial charge in [0.15, 0.2) is 0 Å². The minimum Gasteiger partial charge on any atom is -0.306 e. The number of carbonyl (C=O) groups excluding carboxylic acids is 1. The number of carbonyl (C=O) groups is 1. The first kappa shape index (κ1) is 11.5. The Labute approximate surface area is 102 Å². The zero-order valence-electron chi connectivity index (χ0n) is 8.65. The van der Waals surface area contributed by atoms with Crippen LogP contribution in [0.3, 0.4) is 0 Å². The van der Waals surface area contributed by atoms with Gasteiger partial charge in [0.25, 0.3) is 5.91 Å². The van der Waals surface area contributed by atoms with E-state index in [0.29, 0.717) is 10.6 Å². The number of halogens is 2. The Morgan fingerprint density at radius 3 is 2.53 bits per heavy atom. The molecule has 1 N–H and O–H groups in total. The van der Waals surface area contributed by atoms with Crippen molar-refractivity contribution in [1.82, 2.24) is 4.98 Å². The van der Waals surface area contributed by atoms with Crippen LogP contribution in [0, 0.1) is 5.95 Å². The van der Waals surface area contributed by atoms with Crippen LogP contribution in [0.25, 0.3) is 0 Å². The maximum absolute atomic E-state index is 12.8. The molecule has 86 valence electrons. The third kappa shape index (κ3) is 3.01. The summed E-state index contributed by atoms with van der Waals surface area (Å²) >= 11 is 5.70. The lowest BCUT2D eigenvalue weighted by atomic mass is 10.2. The van der Waals surface area contributed by atoms with Gasteiger partial charge in [0.05, 0.1) is 0 Å². The Hall–Kier alpha value is -1.94. The molecule has 0 radical (unpaired) electrons. The third-order valence-corrected chi connectivity index (χ3v) is 2.32. The molecule has 0 aliphatic heterocycles. The van der Waals surface area contributed by atoms with Gasteiger partial charge in [0.2, 0.25) is 5.95 Å². The maximum atomic E-state index is 12.8. The number of pyridine rings is 1. The molecule has 0 saturated carbocycles. The molecule has 17 heavy (non-hydrogen) atoms. The summed E-state index contributed by atoms with van der Waals surface area (Å²) in [7, 11) is 0. The fourth-order valence-corrected chi connectivity index (χ4v) is 1.39. The van der Waals surface area contributed by atoms with E-state index in [1.165, 1.54) is 18.2 Å². The van der Waals surface area contributed by atoms with Gasteiger partial charge in [0, 0.05) is 10.6 Å². The summed E-state index contributed by atoms with van der Waals surface area (Å²) in [6.45, 7) is 0. The van der Waals surface area contributed by atoms with E-state index < -0.39 is 5.95 Å². The van der Waals surface area contributed by atoms with E-state index in [1.54, 1.807) is 24.3 Å². The highest BCUT2D eigenvalue weighted by molar-refractivity contribution is 6.30. The van der Waals surface area contributed by atoms with Crippen molar-refractivity contribution in [3.63, 3.8) is 0 Å². The van der Waals surface area contributed by atoms with Crippen LogP contribution >= 0.6 is 11.6 Å². The zero-order valence-corrected chi connectivity index (χ0v) is 9.41. The number of aromatic nitrogens is 1. The second-order valence-corrected chi connectivity index (χ2v) is 3.74. The van der Waals surface area contributed by atoms with Gasteiger partial charge < -0.3 is 5.32 Å². The number of anilines is 1. The summed E-state index contributed by atoms with van der Waals surface area (Å²) < 4.78 is 12.8. The van der Waals surface area contributed by atoms with Gasteiger partial charge >= 0.3 is 0 Å². The predicted octanol–water partition coefficient (Wildman–Crippen LogP) is 3.13. The molecule has 1 amide bonds. The molecular weight excluding hydrogens is 243 g/mol. The van der Waals surface area contributed by atoms with Gasteiger partial charge in [-0.05, 0) is 36.4 Å².